The molecule has 0 bridgehead atoms. The van der Waals surface area contributed by atoms with Crippen molar-refractivity contribution < 1.29 is 4.79 Å². The predicted molar refractivity (Wildman–Crippen MR) is 110 cm³/mol. The third-order valence-corrected chi connectivity index (χ3v) is 4.54. The molecule has 0 aliphatic heterocycles. The molecule has 0 unspecified atom stereocenters. The molecule has 1 amide bonds. The largest absolute Gasteiger partial charge is 0.368 e. The van der Waals surface area contributed by atoms with Gasteiger partial charge in [0.05, 0.1) is 5.69 Å². The summed E-state index contributed by atoms with van der Waals surface area (Å²) in [6.45, 7) is 1.48. The molecule has 27 heavy (non-hydrogen) atoms. The van der Waals surface area contributed by atoms with Gasteiger partial charge in [0.15, 0.2) is 0 Å². The van der Waals surface area contributed by atoms with Crippen LogP contribution in [0.25, 0.3) is 11.1 Å². The van der Waals surface area contributed by atoms with E-state index >= 15 is 0 Å². The molecule has 2 aromatic carbocycles. The van der Waals surface area contributed by atoms with Gasteiger partial charge in [-0.15, -0.1) is 0 Å². The lowest BCUT2D eigenvalue weighted by Gasteiger charge is -2.12. The number of nitrogens with one attached hydrogen (secondary N) is 1. The van der Waals surface area contributed by atoms with E-state index in [4.69, 9.17) is 28.9 Å². The molecule has 1 heterocycles. The first-order chi connectivity index (χ1) is 12.9. The number of anilines is 2. The van der Waals surface area contributed by atoms with E-state index in [1.807, 2.05) is 36.4 Å². The van der Waals surface area contributed by atoms with Gasteiger partial charge >= 0.3 is 0 Å². The monoisotopic (exact) mass is 400 g/mol. The van der Waals surface area contributed by atoms with Crippen molar-refractivity contribution in [3.05, 3.63) is 70.0 Å². The number of hydrogen-bond acceptors (Lipinski definition) is 4. The summed E-state index contributed by atoms with van der Waals surface area (Å²) in [5, 5.41) is 3.72. The SMILES string of the molecule is CC(=O)Nc1ccc(CCc2nc(N)nc(Cl)c2-c2ccc(Cl)cc2)cc1. The highest BCUT2D eigenvalue weighted by atomic mass is 35.5. The summed E-state index contributed by atoms with van der Waals surface area (Å²) in [7, 11) is 0. The number of carbonyl (C=O) groups excluding carboxylic acids is 1. The lowest BCUT2D eigenvalue weighted by atomic mass is 10.0. The Morgan fingerprint density at radius 2 is 1.67 bits per heavy atom. The molecule has 0 spiro atoms. The minimum Gasteiger partial charge on any atom is -0.368 e. The molecule has 138 valence electrons. The maximum absolute atomic E-state index is 11.1. The second kappa shape index (κ2) is 8.37. The summed E-state index contributed by atoms with van der Waals surface area (Å²) in [5.41, 5.74) is 10.1. The Kier molecular flexibility index (Phi) is 5.94. The molecule has 3 N–H and O–H groups in total. The van der Waals surface area contributed by atoms with Crippen molar-refractivity contribution in [3.8, 4) is 11.1 Å². The Hall–Kier alpha value is -2.63. The highest BCUT2D eigenvalue weighted by Gasteiger charge is 2.14. The van der Waals surface area contributed by atoms with Gasteiger partial charge < -0.3 is 11.1 Å². The number of rotatable bonds is 5. The first-order valence-electron chi connectivity index (χ1n) is 8.37. The Bertz CT molecular complexity index is 957. The molecular weight excluding hydrogens is 383 g/mol. The van der Waals surface area contributed by atoms with Crippen LogP contribution < -0.4 is 11.1 Å². The summed E-state index contributed by atoms with van der Waals surface area (Å²) in [4.78, 5) is 19.6. The van der Waals surface area contributed by atoms with Gasteiger partial charge in [0, 0.05) is 23.2 Å². The first-order valence-corrected chi connectivity index (χ1v) is 9.12. The van der Waals surface area contributed by atoms with Gasteiger partial charge in [0.2, 0.25) is 11.9 Å². The number of nitrogens with two attached hydrogens (primary N) is 1. The highest BCUT2D eigenvalue weighted by Crippen LogP contribution is 2.31. The smallest absolute Gasteiger partial charge is 0.221 e. The quantitative estimate of drug-likeness (QED) is 0.603. The number of halogens is 2. The number of amides is 1. The molecular formula is C20H18Cl2N4O. The number of benzene rings is 2. The average molecular weight is 401 g/mol. The molecule has 0 saturated heterocycles. The number of carbonyl (C=O) groups is 1. The zero-order valence-corrected chi connectivity index (χ0v) is 16.2. The van der Waals surface area contributed by atoms with E-state index in [0.29, 0.717) is 16.6 Å². The summed E-state index contributed by atoms with van der Waals surface area (Å²) >= 11 is 12.3. The van der Waals surface area contributed by atoms with E-state index in [0.717, 1.165) is 34.5 Å². The predicted octanol–water partition coefficient (Wildman–Crippen LogP) is 4.78. The minimum absolute atomic E-state index is 0.0959. The van der Waals surface area contributed by atoms with E-state index in [1.54, 1.807) is 12.1 Å². The van der Waals surface area contributed by atoms with Gasteiger partial charge in [0.1, 0.15) is 5.15 Å². The lowest BCUT2D eigenvalue weighted by molar-refractivity contribution is -0.114. The van der Waals surface area contributed by atoms with Crippen LogP contribution >= 0.6 is 23.2 Å². The van der Waals surface area contributed by atoms with Crippen LogP contribution in [0.15, 0.2) is 48.5 Å². The Morgan fingerprint density at radius 3 is 2.30 bits per heavy atom. The van der Waals surface area contributed by atoms with Crippen LogP contribution in [0.2, 0.25) is 10.2 Å². The molecule has 0 aliphatic rings. The summed E-state index contributed by atoms with van der Waals surface area (Å²) in [6.07, 6.45) is 1.39. The first kappa shape index (κ1) is 19.1. The van der Waals surface area contributed by atoms with Crippen molar-refractivity contribution >= 4 is 40.7 Å². The van der Waals surface area contributed by atoms with E-state index in [2.05, 4.69) is 15.3 Å². The number of aromatic nitrogens is 2. The molecule has 3 rings (SSSR count). The molecule has 7 heteroatoms. The number of hydrogen-bond donors (Lipinski definition) is 2. The topological polar surface area (TPSA) is 80.9 Å². The lowest BCUT2D eigenvalue weighted by Crippen LogP contribution is -2.06. The van der Waals surface area contributed by atoms with Crippen LogP contribution in [0, 0.1) is 0 Å². The van der Waals surface area contributed by atoms with E-state index in [-0.39, 0.29) is 11.9 Å². The normalized spacial score (nSPS) is 10.6. The van der Waals surface area contributed by atoms with Gasteiger partial charge in [-0.2, -0.15) is 0 Å². The summed E-state index contributed by atoms with van der Waals surface area (Å²) in [6, 6.07) is 15.1. The van der Waals surface area contributed by atoms with E-state index in [1.165, 1.54) is 6.92 Å². The minimum atomic E-state index is -0.0959. The fourth-order valence-electron chi connectivity index (χ4n) is 2.80. The van der Waals surface area contributed by atoms with Crippen molar-refractivity contribution in [3.63, 3.8) is 0 Å². The summed E-state index contributed by atoms with van der Waals surface area (Å²) < 4.78 is 0. The van der Waals surface area contributed by atoms with Crippen molar-refractivity contribution in [1.82, 2.24) is 9.97 Å². The maximum Gasteiger partial charge on any atom is 0.221 e. The molecule has 0 aliphatic carbocycles. The molecule has 5 nitrogen and oxygen atoms in total. The molecule has 0 atom stereocenters. The Morgan fingerprint density at radius 1 is 1.00 bits per heavy atom. The molecule has 1 aromatic heterocycles. The molecule has 0 fully saturated rings. The fourth-order valence-corrected chi connectivity index (χ4v) is 3.23. The number of aryl methyl sites for hydroxylation is 2. The Balaban J connectivity index is 1.84. The second-order valence-electron chi connectivity index (χ2n) is 6.08. The van der Waals surface area contributed by atoms with Crippen LogP contribution in [0.4, 0.5) is 11.6 Å². The highest BCUT2D eigenvalue weighted by molar-refractivity contribution is 6.32. The van der Waals surface area contributed by atoms with Crippen LogP contribution in [-0.4, -0.2) is 15.9 Å². The standard InChI is InChI=1S/C20H18Cl2N4O/c1-12(27)24-16-9-2-13(3-10-16)4-11-17-18(19(22)26-20(23)25-17)14-5-7-15(21)8-6-14/h2-3,5-10H,4,11H2,1H3,(H,24,27)(H2,23,25,26). The van der Waals surface area contributed by atoms with Gasteiger partial charge in [-0.1, -0.05) is 47.5 Å². The van der Waals surface area contributed by atoms with Crippen molar-refractivity contribution in [2.75, 3.05) is 11.1 Å². The van der Waals surface area contributed by atoms with Gasteiger partial charge in [-0.05, 0) is 48.2 Å². The van der Waals surface area contributed by atoms with Crippen LogP contribution in [0.1, 0.15) is 18.2 Å². The van der Waals surface area contributed by atoms with Crippen LogP contribution in [0.5, 0.6) is 0 Å². The third-order valence-electron chi connectivity index (χ3n) is 4.01. The van der Waals surface area contributed by atoms with Crippen LogP contribution in [0.3, 0.4) is 0 Å². The van der Waals surface area contributed by atoms with Crippen molar-refractivity contribution in [1.29, 1.82) is 0 Å². The molecule has 3 aromatic rings. The van der Waals surface area contributed by atoms with E-state index < -0.39 is 0 Å². The maximum atomic E-state index is 11.1. The van der Waals surface area contributed by atoms with Gasteiger partial charge in [0.25, 0.3) is 0 Å². The van der Waals surface area contributed by atoms with Crippen LogP contribution in [-0.2, 0) is 17.6 Å². The third kappa shape index (κ3) is 4.96. The number of nitrogen functional groups attached to an aromatic ring is 1. The summed E-state index contributed by atoms with van der Waals surface area (Å²) in [5.74, 6) is 0.0511. The van der Waals surface area contributed by atoms with Crippen molar-refractivity contribution in [2.24, 2.45) is 0 Å². The fraction of sp³-hybridized carbons (Fsp3) is 0.150. The van der Waals surface area contributed by atoms with E-state index in [9.17, 15) is 4.79 Å². The van der Waals surface area contributed by atoms with Crippen molar-refractivity contribution in [2.45, 2.75) is 19.8 Å². The molecule has 0 radical (unpaired) electrons. The number of nitrogens with zero attached hydrogens (tertiary/aromatic N) is 2. The zero-order valence-electron chi connectivity index (χ0n) is 14.7. The second-order valence-corrected chi connectivity index (χ2v) is 6.87. The Labute approximate surface area is 167 Å². The average Bonchev–Trinajstić information content (AvgIpc) is 2.61. The van der Waals surface area contributed by atoms with Gasteiger partial charge in [-0.25, -0.2) is 9.97 Å². The van der Waals surface area contributed by atoms with Gasteiger partial charge in [-0.3, -0.25) is 4.79 Å². The molecule has 0 saturated carbocycles. The zero-order chi connectivity index (χ0) is 19.4.